The number of aliphatic hydroxyl groups excluding tert-OH is 1. The van der Waals surface area contributed by atoms with E-state index in [1.807, 2.05) is 6.92 Å². The van der Waals surface area contributed by atoms with Gasteiger partial charge in [0, 0.05) is 18.7 Å². The molecule has 0 saturated carbocycles. The molecule has 7 heteroatoms. The summed E-state index contributed by atoms with van der Waals surface area (Å²) in [5.41, 5.74) is 0.149. The van der Waals surface area contributed by atoms with Crippen molar-refractivity contribution < 1.29 is 22.7 Å². The summed E-state index contributed by atoms with van der Waals surface area (Å²) in [7, 11) is -3.73. The van der Waals surface area contributed by atoms with Crippen LogP contribution < -0.4 is 4.72 Å². The second kappa shape index (κ2) is 8.43. The third-order valence-corrected chi connectivity index (χ3v) is 4.41. The lowest BCUT2D eigenvalue weighted by Crippen LogP contribution is -2.28. The van der Waals surface area contributed by atoms with Gasteiger partial charge in [0.25, 0.3) is 0 Å². The van der Waals surface area contributed by atoms with Gasteiger partial charge in [0.15, 0.2) is 0 Å². The maximum atomic E-state index is 13.6. The molecule has 0 heterocycles. The fourth-order valence-corrected chi connectivity index (χ4v) is 2.91. The number of benzene rings is 1. The van der Waals surface area contributed by atoms with Crippen molar-refractivity contribution in [2.75, 3.05) is 19.8 Å². The molecule has 0 aliphatic carbocycles. The van der Waals surface area contributed by atoms with Crippen molar-refractivity contribution in [3.05, 3.63) is 29.1 Å². The number of aryl methyl sites for hydroxylation is 1. The Labute approximate surface area is 125 Å². The van der Waals surface area contributed by atoms with Crippen LogP contribution >= 0.6 is 0 Å². The Bertz CT molecular complexity index is 560. The Morgan fingerprint density at radius 1 is 1.33 bits per heavy atom. The van der Waals surface area contributed by atoms with Gasteiger partial charge >= 0.3 is 0 Å². The Morgan fingerprint density at radius 3 is 2.67 bits per heavy atom. The van der Waals surface area contributed by atoms with Crippen molar-refractivity contribution >= 4 is 10.0 Å². The number of unbranched alkanes of at least 4 members (excludes halogenated alkanes) is 1. The summed E-state index contributed by atoms with van der Waals surface area (Å²) in [5.74, 6) is -0.584. The highest BCUT2D eigenvalue weighted by Gasteiger charge is 2.17. The Morgan fingerprint density at radius 2 is 2.05 bits per heavy atom. The summed E-state index contributed by atoms with van der Waals surface area (Å²) < 4.78 is 45.4. The first-order valence-corrected chi connectivity index (χ1v) is 8.38. The standard InChI is InChI=1S/C14H22FNO4S/c1-3-4-6-20-7-5-16-21(18,19)13-8-11(2)14(15)12(9-13)10-17/h8-9,16-17H,3-7,10H2,1-2H3. The lowest BCUT2D eigenvalue weighted by molar-refractivity contribution is 0.136. The minimum absolute atomic E-state index is 0.0328. The van der Waals surface area contributed by atoms with Crippen LogP contribution in [0.4, 0.5) is 4.39 Å². The fourth-order valence-electron chi connectivity index (χ4n) is 1.76. The van der Waals surface area contributed by atoms with Gasteiger partial charge < -0.3 is 9.84 Å². The molecule has 0 aromatic heterocycles. The molecule has 0 fully saturated rings. The van der Waals surface area contributed by atoms with Crippen LogP contribution in [0.1, 0.15) is 30.9 Å². The Balaban J connectivity index is 2.68. The number of hydrogen-bond donors (Lipinski definition) is 2. The first-order valence-electron chi connectivity index (χ1n) is 6.89. The van der Waals surface area contributed by atoms with E-state index in [4.69, 9.17) is 9.84 Å². The molecule has 0 amide bonds. The van der Waals surface area contributed by atoms with Crippen LogP contribution in [-0.2, 0) is 21.4 Å². The van der Waals surface area contributed by atoms with Crippen LogP contribution in [0.5, 0.6) is 0 Å². The minimum atomic E-state index is -3.73. The molecule has 0 radical (unpaired) electrons. The molecule has 0 bridgehead atoms. The molecular formula is C14H22FNO4S. The van der Waals surface area contributed by atoms with E-state index in [2.05, 4.69) is 4.72 Å². The topological polar surface area (TPSA) is 75.6 Å². The summed E-state index contributed by atoms with van der Waals surface area (Å²) in [6.07, 6.45) is 1.95. The van der Waals surface area contributed by atoms with Gasteiger partial charge in [-0.1, -0.05) is 13.3 Å². The molecule has 1 aromatic carbocycles. The van der Waals surface area contributed by atoms with Gasteiger partial charge in [0.05, 0.1) is 18.1 Å². The zero-order valence-electron chi connectivity index (χ0n) is 12.4. The SMILES string of the molecule is CCCCOCCNS(=O)(=O)c1cc(C)c(F)c(CO)c1. The Kier molecular flexibility index (Phi) is 7.24. The second-order valence-electron chi connectivity index (χ2n) is 4.74. The highest BCUT2D eigenvalue weighted by atomic mass is 32.2. The molecule has 0 aliphatic rings. The van der Waals surface area contributed by atoms with Crippen LogP contribution in [0.15, 0.2) is 17.0 Å². The highest BCUT2D eigenvalue weighted by Crippen LogP contribution is 2.19. The average Bonchev–Trinajstić information content (AvgIpc) is 2.45. The van der Waals surface area contributed by atoms with Gasteiger partial charge in [-0.3, -0.25) is 0 Å². The first kappa shape index (κ1) is 18.0. The van der Waals surface area contributed by atoms with E-state index in [9.17, 15) is 12.8 Å². The van der Waals surface area contributed by atoms with E-state index < -0.39 is 22.4 Å². The number of hydrogen-bond acceptors (Lipinski definition) is 4. The number of aliphatic hydroxyl groups is 1. The molecule has 120 valence electrons. The number of sulfonamides is 1. The minimum Gasteiger partial charge on any atom is -0.392 e. The van der Waals surface area contributed by atoms with Gasteiger partial charge in [-0.05, 0) is 31.0 Å². The molecule has 0 saturated heterocycles. The lowest BCUT2D eigenvalue weighted by atomic mass is 10.1. The van der Waals surface area contributed by atoms with Gasteiger partial charge in [-0.15, -0.1) is 0 Å². The van der Waals surface area contributed by atoms with Crippen molar-refractivity contribution in [2.24, 2.45) is 0 Å². The summed E-state index contributed by atoms with van der Waals surface area (Å²) >= 11 is 0. The molecule has 0 unspecified atom stereocenters. The van der Waals surface area contributed by atoms with Crippen LogP contribution in [0.25, 0.3) is 0 Å². The maximum Gasteiger partial charge on any atom is 0.240 e. The van der Waals surface area contributed by atoms with E-state index in [1.54, 1.807) is 0 Å². The molecule has 2 N–H and O–H groups in total. The molecule has 1 aromatic rings. The summed E-state index contributed by atoms with van der Waals surface area (Å²) in [6, 6.07) is 2.39. The van der Waals surface area contributed by atoms with Crippen LogP contribution in [-0.4, -0.2) is 33.3 Å². The van der Waals surface area contributed by atoms with Crippen molar-refractivity contribution in [1.82, 2.24) is 4.72 Å². The molecule has 0 aliphatic heterocycles. The van der Waals surface area contributed by atoms with Gasteiger partial charge in [-0.25, -0.2) is 17.5 Å². The monoisotopic (exact) mass is 319 g/mol. The van der Waals surface area contributed by atoms with E-state index in [0.29, 0.717) is 6.61 Å². The third-order valence-electron chi connectivity index (χ3n) is 2.96. The number of nitrogens with one attached hydrogen (secondary N) is 1. The first-order chi connectivity index (χ1) is 9.92. The van der Waals surface area contributed by atoms with Gasteiger partial charge in [0.1, 0.15) is 5.82 Å². The largest absolute Gasteiger partial charge is 0.392 e. The normalized spacial score (nSPS) is 11.8. The highest BCUT2D eigenvalue weighted by molar-refractivity contribution is 7.89. The van der Waals surface area contributed by atoms with Crippen LogP contribution in [0.2, 0.25) is 0 Å². The molecular weight excluding hydrogens is 297 g/mol. The smallest absolute Gasteiger partial charge is 0.240 e. The molecule has 0 spiro atoms. The number of halogens is 1. The van der Waals surface area contributed by atoms with Gasteiger partial charge in [-0.2, -0.15) is 0 Å². The molecule has 1 rings (SSSR count). The number of rotatable bonds is 9. The van der Waals surface area contributed by atoms with Crippen LogP contribution in [0.3, 0.4) is 0 Å². The van der Waals surface area contributed by atoms with E-state index in [-0.39, 0.29) is 29.2 Å². The van der Waals surface area contributed by atoms with E-state index in [1.165, 1.54) is 13.0 Å². The zero-order valence-corrected chi connectivity index (χ0v) is 13.2. The van der Waals surface area contributed by atoms with Crippen molar-refractivity contribution in [3.63, 3.8) is 0 Å². The zero-order chi connectivity index (χ0) is 15.9. The predicted octanol–water partition coefficient (Wildman–Crippen LogP) is 1.72. The quantitative estimate of drug-likeness (QED) is 0.680. The molecule has 21 heavy (non-hydrogen) atoms. The maximum absolute atomic E-state index is 13.6. The molecule has 0 atom stereocenters. The summed E-state index contributed by atoms with van der Waals surface area (Å²) in [6.45, 7) is 3.99. The fraction of sp³-hybridized carbons (Fsp3) is 0.571. The molecule has 5 nitrogen and oxygen atoms in total. The van der Waals surface area contributed by atoms with Crippen molar-refractivity contribution in [2.45, 2.75) is 38.2 Å². The third kappa shape index (κ3) is 5.35. The lowest BCUT2D eigenvalue weighted by Gasteiger charge is -2.10. The summed E-state index contributed by atoms with van der Waals surface area (Å²) in [4.78, 5) is -0.0565. The Hall–Kier alpha value is -1.02. The average molecular weight is 319 g/mol. The van der Waals surface area contributed by atoms with Crippen molar-refractivity contribution in [3.8, 4) is 0 Å². The van der Waals surface area contributed by atoms with E-state index in [0.717, 1.165) is 18.9 Å². The van der Waals surface area contributed by atoms with Gasteiger partial charge in [0.2, 0.25) is 10.0 Å². The predicted molar refractivity (Wildman–Crippen MR) is 78.0 cm³/mol. The number of ether oxygens (including phenoxy) is 1. The van der Waals surface area contributed by atoms with Crippen LogP contribution in [0, 0.1) is 12.7 Å². The van der Waals surface area contributed by atoms with E-state index >= 15 is 0 Å². The second-order valence-corrected chi connectivity index (χ2v) is 6.50. The summed E-state index contributed by atoms with van der Waals surface area (Å²) in [5, 5.41) is 9.05. The van der Waals surface area contributed by atoms with Crippen molar-refractivity contribution in [1.29, 1.82) is 0 Å².